The fourth-order valence-corrected chi connectivity index (χ4v) is 1.77. The molecule has 0 spiro atoms. The van der Waals surface area contributed by atoms with Crippen molar-refractivity contribution < 1.29 is 13.6 Å². The molecule has 0 saturated carbocycles. The van der Waals surface area contributed by atoms with Gasteiger partial charge in [-0.1, -0.05) is 24.3 Å². The molecule has 0 unspecified atom stereocenters. The molecule has 0 aliphatic carbocycles. The van der Waals surface area contributed by atoms with Crippen LogP contribution in [0.5, 0.6) is 0 Å². The van der Waals surface area contributed by atoms with E-state index in [1.807, 2.05) is 0 Å². The van der Waals surface area contributed by atoms with Crippen LogP contribution < -0.4 is 16.4 Å². The van der Waals surface area contributed by atoms with Crippen molar-refractivity contribution in [1.82, 2.24) is 5.32 Å². The second-order valence-electron chi connectivity index (χ2n) is 4.42. The van der Waals surface area contributed by atoms with Gasteiger partial charge >= 0.3 is 6.03 Å². The molecule has 6 heteroatoms. The van der Waals surface area contributed by atoms with Crippen molar-refractivity contribution in [3.8, 4) is 0 Å². The lowest BCUT2D eigenvalue weighted by molar-refractivity contribution is 0.251. The molecule has 0 heterocycles. The maximum absolute atomic E-state index is 13.7. The lowest BCUT2D eigenvalue weighted by Crippen LogP contribution is -2.28. The first-order valence-electron chi connectivity index (χ1n) is 6.37. The Kier molecular flexibility index (Phi) is 4.84. The molecular weight excluding hydrogens is 276 g/mol. The first kappa shape index (κ1) is 14.9. The van der Waals surface area contributed by atoms with Gasteiger partial charge < -0.3 is 16.4 Å². The van der Waals surface area contributed by atoms with Crippen molar-refractivity contribution in [2.75, 3.05) is 5.32 Å². The van der Waals surface area contributed by atoms with Crippen molar-refractivity contribution in [3.63, 3.8) is 0 Å². The number of carbonyl (C=O) groups excluding carboxylic acids is 1. The molecule has 2 aromatic carbocycles. The van der Waals surface area contributed by atoms with Crippen LogP contribution in [0.1, 0.15) is 11.1 Å². The van der Waals surface area contributed by atoms with Crippen LogP contribution in [-0.2, 0) is 13.1 Å². The number of urea groups is 1. The van der Waals surface area contributed by atoms with Crippen LogP contribution in [0.2, 0.25) is 0 Å². The summed E-state index contributed by atoms with van der Waals surface area (Å²) in [4.78, 5) is 11.6. The number of hydrogen-bond donors (Lipinski definition) is 3. The summed E-state index contributed by atoms with van der Waals surface area (Å²) in [6.45, 7) is 0.245. The summed E-state index contributed by atoms with van der Waals surface area (Å²) < 4.78 is 27.0. The van der Waals surface area contributed by atoms with Gasteiger partial charge in [-0.15, -0.1) is 0 Å². The van der Waals surface area contributed by atoms with Crippen molar-refractivity contribution in [3.05, 3.63) is 65.2 Å². The van der Waals surface area contributed by atoms with Crippen LogP contribution in [0.4, 0.5) is 19.3 Å². The highest BCUT2D eigenvalue weighted by Crippen LogP contribution is 2.13. The van der Waals surface area contributed by atoms with Crippen LogP contribution in [-0.4, -0.2) is 6.03 Å². The monoisotopic (exact) mass is 291 g/mol. The van der Waals surface area contributed by atoms with E-state index >= 15 is 0 Å². The van der Waals surface area contributed by atoms with Gasteiger partial charge in [0.15, 0.2) is 0 Å². The van der Waals surface area contributed by atoms with E-state index in [4.69, 9.17) is 5.73 Å². The standard InChI is InChI=1S/C15H15F2N3O/c16-12-3-1-2-4-14(12)20-15(21)19-9-11-6-5-10(8-18)7-13(11)17/h1-7H,8-9,18H2,(H2,19,20,21). The Labute approximate surface area is 121 Å². The van der Waals surface area contributed by atoms with Gasteiger partial charge in [-0.2, -0.15) is 0 Å². The van der Waals surface area contributed by atoms with Gasteiger partial charge in [0.2, 0.25) is 0 Å². The molecule has 4 N–H and O–H groups in total. The van der Waals surface area contributed by atoms with Crippen LogP contribution >= 0.6 is 0 Å². The van der Waals surface area contributed by atoms with Gasteiger partial charge in [0.05, 0.1) is 5.69 Å². The van der Waals surface area contributed by atoms with Gasteiger partial charge in [-0.25, -0.2) is 13.6 Å². The molecule has 4 nitrogen and oxygen atoms in total. The third-order valence-electron chi connectivity index (χ3n) is 2.91. The number of anilines is 1. The van der Waals surface area contributed by atoms with Crippen LogP contribution in [0.25, 0.3) is 0 Å². The molecule has 0 atom stereocenters. The minimum Gasteiger partial charge on any atom is -0.334 e. The smallest absolute Gasteiger partial charge is 0.319 e. The number of rotatable bonds is 4. The normalized spacial score (nSPS) is 10.2. The predicted octanol–water partition coefficient (Wildman–Crippen LogP) is 2.75. The Hall–Kier alpha value is -2.47. The van der Waals surface area contributed by atoms with Crippen molar-refractivity contribution >= 4 is 11.7 Å². The number of nitrogens with one attached hydrogen (secondary N) is 2. The summed E-state index contributed by atoms with van der Waals surface area (Å²) >= 11 is 0. The summed E-state index contributed by atoms with van der Waals surface area (Å²) in [6, 6.07) is 9.76. The molecule has 110 valence electrons. The van der Waals surface area contributed by atoms with Gasteiger partial charge in [-0.05, 0) is 23.8 Å². The number of benzene rings is 2. The maximum Gasteiger partial charge on any atom is 0.319 e. The zero-order valence-corrected chi connectivity index (χ0v) is 11.2. The molecule has 0 bridgehead atoms. The van der Waals surface area contributed by atoms with E-state index in [2.05, 4.69) is 10.6 Å². The first-order chi connectivity index (χ1) is 10.1. The van der Waals surface area contributed by atoms with Gasteiger partial charge in [0, 0.05) is 18.7 Å². The van der Waals surface area contributed by atoms with Crippen molar-refractivity contribution in [2.45, 2.75) is 13.1 Å². The largest absolute Gasteiger partial charge is 0.334 e. The lowest BCUT2D eigenvalue weighted by Gasteiger charge is -2.09. The molecule has 0 aliphatic heterocycles. The van der Waals surface area contributed by atoms with Crippen molar-refractivity contribution in [2.24, 2.45) is 5.73 Å². The van der Waals surface area contributed by atoms with E-state index < -0.39 is 17.7 Å². The predicted molar refractivity (Wildman–Crippen MR) is 76.5 cm³/mol. The zero-order valence-electron chi connectivity index (χ0n) is 11.2. The number of carbonyl (C=O) groups is 1. The third-order valence-corrected chi connectivity index (χ3v) is 2.91. The van der Waals surface area contributed by atoms with E-state index in [0.717, 1.165) is 0 Å². The summed E-state index contributed by atoms with van der Waals surface area (Å²) in [6.07, 6.45) is 0. The summed E-state index contributed by atoms with van der Waals surface area (Å²) in [5.74, 6) is -0.977. The van der Waals surface area contributed by atoms with Gasteiger partial charge in [-0.3, -0.25) is 0 Å². The molecular formula is C15H15F2N3O. The molecule has 0 radical (unpaired) electrons. The number of para-hydroxylation sites is 1. The lowest BCUT2D eigenvalue weighted by atomic mass is 10.1. The van der Waals surface area contributed by atoms with Crippen LogP contribution in [0, 0.1) is 11.6 Å². The average Bonchev–Trinajstić information content (AvgIpc) is 2.48. The quantitative estimate of drug-likeness (QED) is 0.811. The molecule has 2 rings (SSSR count). The number of nitrogens with two attached hydrogens (primary N) is 1. The highest BCUT2D eigenvalue weighted by atomic mass is 19.1. The number of amides is 2. The zero-order chi connectivity index (χ0) is 15.2. The summed E-state index contributed by atoms with van der Waals surface area (Å²) in [5.41, 5.74) is 6.48. The summed E-state index contributed by atoms with van der Waals surface area (Å²) in [7, 11) is 0. The number of hydrogen-bond acceptors (Lipinski definition) is 2. The third kappa shape index (κ3) is 4.00. The second-order valence-corrected chi connectivity index (χ2v) is 4.42. The Morgan fingerprint density at radius 3 is 2.52 bits per heavy atom. The van der Waals surface area contributed by atoms with E-state index in [-0.39, 0.29) is 18.8 Å². The highest BCUT2D eigenvalue weighted by Gasteiger charge is 2.08. The fourth-order valence-electron chi connectivity index (χ4n) is 1.77. The second kappa shape index (κ2) is 6.81. The Morgan fingerprint density at radius 1 is 1.10 bits per heavy atom. The molecule has 2 amide bonds. The van der Waals surface area contributed by atoms with E-state index in [9.17, 15) is 13.6 Å². The van der Waals surface area contributed by atoms with Crippen LogP contribution in [0.3, 0.4) is 0 Å². The van der Waals surface area contributed by atoms with Crippen LogP contribution in [0.15, 0.2) is 42.5 Å². The molecule has 2 aromatic rings. The topological polar surface area (TPSA) is 67.1 Å². The first-order valence-corrected chi connectivity index (χ1v) is 6.37. The molecule has 0 aliphatic rings. The molecule has 0 aromatic heterocycles. The minimum atomic E-state index is -0.609. The van der Waals surface area contributed by atoms with E-state index in [1.165, 1.54) is 24.3 Å². The summed E-state index contributed by atoms with van der Waals surface area (Å²) in [5, 5.41) is 4.82. The van der Waals surface area contributed by atoms with Crippen molar-refractivity contribution in [1.29, 1.82) is 0 Å². The molecule has 21 heavy (non-hydrogen) atoms. The van der Waals surface area contributed by atoms with Gasteiger partial charge in [0.25, 0.3) is 0 Å². The Bertz CT molecular complexity index is 647. The number of halogens is 2. The maximum atomic E-state index is 13.7. The SMILES string of the molecule is NCc1ccc(CNC(=O)Nc2ccccc2F)c(F)c1. The Balaban J connectivity index is 1.94. The average molecular weight is 291 g/mol. The molecule has 0 saturated heterocycles. The highest BCUT2D eigenvalue weighted by molar-refractivity contribution is 5.89. The minimum absolute atomic E-state index is 0.00301. The Morgan fingerprint density at radius 2 is 1.86 bits per heavy atom. The van der Waals surface area contributed by atoms with E-state index in [0.29, 0.717) is 11.1 Å². The van der Waals surface area contributed by atoms with E-state index in [1.54, 1.807) is 18.2 Å². The fraction of sp³-hybridized carbons (Fsp3) is 0.133. The molecule has 0 fully saturated rings. The van der Waals surface area contributed by atoms with Gasteiger partial charge in [0.1, 0.15) is 11.6 Å².